The van der Waals surface area contributed by atoms with Crippen molar-refractivity contribution in [2.45, 2.75) is 26.8 Å². The summed E-state index contributed by atoms with van der Waals surface area (Å²) in [6, 6.07) is -1.36. The summed E-state index contributed by atoms with van der Waals surface area (Å²) >= 11 is 0. The Morgan fingerprint density at radius 2 is 1.90 bits per heavy atom. The predicted molar refractivity (Wildman–Crippen MR) is 74.7 cm³/mol. The smallest absolute Gasteiger partial charge is 0.326 e. The molecule has 1 saturated heterocycles. The average Bonchev–Trinajstić information content (AvgIpc) is 2.35. The Morgan fingerprint density at radius 3 is 2.40 bits per heavy atom. The number of carbonyl (C=O) groups excluding carboxylic acids is 1. The first-order valence-corrected chi connectivity index (χ1v) is 6.88. The molecule has 0 bridgehead atoms. The number of ether oxygens (including phenoxy) is 1. The largest absolute Gasteiger partial charge is 0.480 e. The number of hydrogen-bond donors (Lipinski definition) is 3. The number of aliphatic carboxylic acids is 1. The molecule has 0 unspecified atom stereocenters. The molecule has 7 nitrogen and oxygen atoms in total. The van der Waals surface area contributed by atoms with E-state index in [1.807, 2.05) is 0 Å². The van der Waals surface area contributed by atoms with Crippen LogP contribution in [0.1, 0.15) is 20.8 Å². The third-order valence-electron chi connectivity index (χ3n) is 3.21. The molecule has 1 rings (SSSR count). The zero-order chi connectivity index (χ0) is 15.2. The van der Waals surface area contributed by atoms with Gasteiger partial charge in [0.15, 0.2) is 0 Å². The third-order valence-corrected chi connectivity index (χ3v) is 3.21. The van der Waals surface area contributed by atoms with Crippen molar-refractivity contribution in [3.05, 3.63) is 0 Å². The van der Waals surface area contributed by atoms with E-state index >= 15 is 0 Å². The van der Waals surface area contributed by atoms with Gasteiger partial charge in [0.1, 0.15) is 6.04 Å². The molecule has 0 aromatic carbocycles. The number of carboxylic acid groups (broad SMARTS) is 1. The van der Waals surface area contributed by atoms with Gasteiger partial charge in [0.05, 0.1) is 13.2 Å². The summed E-state index contributed by atoms with van der Waals surface area (Å²) < 4.78 is 5.24. The fourth-order valence-electron chi connectivity index (χ4n) is 1.98. The minimum absolute atomic E-state index is 0.444. The topological polar surface area (TPSA) is 90.9 Å². The van der Waals surface area contributed by atoms with Gasteiger partial charge in [0.25, 0.3) is 0 Å². The summed E-state index contributed by atoms with van der Waals surface area (Å²) in [5.41, 5.74) is -0.534. The van der Waals surface area contributed by atoms with Crippen LogP contribution in [-0.2, 0) is 9.53 Å². The Kier molecular flexibility index (Phi) is 6.22. The van der Waals surface area contributed by atoms with Gasteiger partial charge in [-0.15, -0.1) is 0 Å². The average molecular weight is 287 g/mol. The molecule has 0 aliphatic carbocycles. The lowest BCUT2D eigenvalue weighted by atomic mass is 9.87. The van der Waals surface area contributed by atoms with E-state index in [2.05, 4.69) is 15.5 Å². The number of nitrogens with zero attached hydrogens (tertiary/aromatic N) is 1. The van der Waals surface area contributed by atoms with E-state index in [4.69, 9.17) is 9.84 Å². The highest BCUT2D eigenvalue weighted by Crippen LogP contribution is 2.19. The van der Waals surface area contributed by atoms with E-state index in [-0.39, 0.29) is 0 Å². The van der Waals surface area contributed by atoms with Crippen LogP contribution >= 0.6 is 0 Å². The summed E-state index contributed by atoms with van der Waals surface area (Å²) in [4.78, 5) is 25.1. The van der Waals surface area contributed by atoms with Gasteiger partial charge >= 0.3 is 12.0 Å². The maximum Gasteiger partial charge on any atom is 0.326 e. The van der Waals surface area contributed by atoms with Crippen LogP contribution in [0.5, 0.6) is 0 Å². The quantitative estimate of drug-likeness (QED) is 0.668. The summed E-state index contributed by atoms with van der Waals surface area (Å²) in [6.07, 6.45) is 0. The van der Waals surface area contributed by atoms with Crippen molar-refractivity contribution in [3.63, 3.8) is 0 Å². The van der Waals surface area contributed by atoms with Crippen LogP contribution in [0.2, 0.25) is 0 Å². The van der Waals surface area contributed by atoms with Crippen molar-refractivity contribution < 1.29 is 19.4 Å². The number of urea groups is 1. The first kappa shape index (κ1) is 16.7. The second-order valence-corrected chi connectivity index (χ2v) is 5.99. The first-order chi connectivity index (χ1) is 9.30. The van der Waals surface area contributed by atoms with Crippen molar-refractivity contribution >= 4 is 12.0 Å². The minimum Gasteiger partial charge on any atom is -0.480 e. The second kappa shape index (κ2) is 7.44. The highest BCUT2D eigenvalue weighted by atomic mass is 16.5. The van der Waals surface area contributed by atoms with Gasteiger partial charge in [0, 0.05) is 26.2 Å². The predicted octanol–water partition coefficient (Wildman–Crippen LogP) is 0.117. The SMILES string of the molecule is CC(C)(C)[C@H](NC(=O)NCCN1CCOCC1)C(=O)O. The number of nitrogens with one attached hydrogen (secondary N) is 2. The van der Waals surface area contributed by atoms with Crippen LogP contribution in [0, 0.1) is 5.41 Å². The molecule has 0 aromatic rings. The van der Waals surface area contributed by atoms with Gasteiger partial charge < -0.3 is 20.5 Å². The van der Waals surface area contributed by atoms with Gasteiger partial charge in [-0.2, -0.15) is 0 Å². The van der Waals surface area contributed by atoms with Gasteiger partial charge in [-0.3, -0.25) is 4.90 Å². The maximum atomic E-state index is 11.7. The van der Waals surface area contributed by atoms with Crippen LogP contribution < -0.4 is 10.6 Å². The lowest BCUT2D eigenvalue weighted by molar-refractivity contribution is -0.141. The van der Waals surface area contributed by atoms with E-state index in [1.165, 1.54) is 0 Å². The van der Waals surface area contributed by atoms with Crippen LogP contribution in [0.25, 0.3) is 0 Å². The lowest BCUT2D eigenvalue weighted by Gasteiger charge is -2.28. The molecule has 1 aliphatic heterocycles. The number of rotatable bonds is 5. The first-order valence-electron chi connectivity index (χ1n) is 6.88. The summed E-state index contributed by atoms with van der Waals surface area (Å²) in [7, 11) is 0. The number of amides is 2. The Morgan fingerprint density at radius 1 is 1.30 bits per heavy atom. The zero-order valence-electron chi connectivity index (χ0n) is 12.4. The normalized spacial score (nSPS) is 18.4. The second-order valence-electron chi connectivity index (χ2n) is 5.99. The van der Waals surface area contributed by atoms with Gasteiger partial charge in [-0.1, -0.05) is 20.8 Å². The third kappa shape index (κ3) is 5.75. The van der Waals surface area contributed by atoms with E-state index in [0.717, 1.165) is 32.8 Å². The minimum atomic E-state index is -1.03. The maximum absolute atomic E-state index is 11.7. The van der Waals surface area contributed by atoms with Gasteiger partial charge in [0.2, 0.25) is 0 Å². The van der Waals surface area contributed by atoms with E-state index in [9.17, 15) is 9.59 Å². The van der Waals surface area contributed by atoms with Gasteiger partial charge in [-0.05, 0) is 5.41 Å². The molecular weight excluding hydrogens is 262 g/mol. The fraction of sp³-hybridized carbons (Fsp3) is 0.846. The Hall–Kier alpha value is -1.34. The standard InChI is InChI=1S/C13H25N3O4/c1-13(2,3)10(11(17)18)15-12(19)14-4-5-16-6-8-20-9-7-16/h10H,4-9H2,1-3H3,(H,17,18)(H2,14,15,19)/t10-/m1/s1. The molecule has 0 radical (unpaired) electrons. The monoisotopic (exact) mass is 287 g/mol. The van der Waals surface area contributed by atoms with E-state index in [0.29, 0.717) is 6.54 Å². The number of morpholine rings is 1. The molecule has 7 heteroatoms. The fourth-order valence-corrected chi connectivity index (χ4v) is 1.98. The molecule has 116 valence electrons. The molecule has 1 fully saturated rings. The van der Waals surface area contributed by atoms with Crippen molar-refractivity contribution in [1.29, 1.82) is 0 Å². The summed E-state index contributed by atoms with van der Waals surface area (Å²) in [5.74, 6) is -1.03. The molecule has 1 aliphatic rings. The van der Waals surface area contributed by atoms with Crippen LogP contribution in [0.15, 0.2) is 0 Å². The molecule has 20 heavy (non-hydrogen) atoms. The Balaban J connectivity index is 2.29. The number of hydrogen-bond acceptors (Lipinski definition) is 4. The summed E-state index contributed by atoms with van der Waals surface area (Å²) in [6.45, 7) is 9.73. The Bertz CT molecular complexity index is 335. The van der Waals surface area contributed by atoms with Crippen molar-refractivity contribution in [1.82, 2.24) is 15.5 Å². The molecule has 0 saturated carbocycles. The molecule has 0 spiro atoms. The highest BCUT2D eigenvalue weighted by molar-refractivity contribution is 5.83. The van der Waals surface area contributed by atoms with Crippen LogP contribution in [0.4, 0.5) is 4.79 Å². The molecule has 2 amide bonds. The number of carbonyl (C=O) groups is 2. The van der Waals surface area contributed by atoms with Crippen molar-refractivity contribution in [3.8, 4) is 0 Å². The summed E-state index contributed by atoms with van der Waals surface area (Å²) in [5, 5.41) is 14.3. The lowest BCUT2D eigenvalue weighted by Crippen LogP contribution is -2.53. The molecule has 0 aromatic heterocycles. The highest BCUT2D eigenvalue weighted by Gasteiger charge is 2.32. The molecule has 1 atom stereocenters. The van der Waals surface area contributed by atoms with E-state index < -0.39 is 23.5 Å². The Labute approximate surface area is 119 Å². The van der Waals surface area contributed by atoms with Crippen molar-refractivity contribution in [2.75, 3.05) is 39.4 Å². The van der Waals surface area contributed by atoms with Crippen molar-refractivity contribution in [2.24, 2.45) is 5.41 Å². The van der Waals surface area contributed by atoms with Gasteiger partial charge in [-0.25, -0.2) is 9.59 Å². The van der Waals surface area contributed by atoms with Crippen LogP contribution in [-0.4, -0.2) is 67.4 Å². The zero-order valence-corrected chi connectivity index (χ0v) is 12.4. The molecule has 1 heterocycles. The molecular formula is C13H25N3O4. The van der Waals surface area contributed by atoms with Crippen LogP contribution in [0.3, 0.4) is 0 Å². The van der Waals surface area contributed by atoms with E-state index in [1.54, 1.807) is 20.8 Å². The molecule has 3 N–H and O–H groups in total. The number of carboxylic acids is 1.